The molecule has 2 heterocycles. The maximum Gasteiger partial charge on any atom is 0.222 e. The van der Waals surface area contributed by atoms with Gasteiger partial charge in [0.05, 0.1) is 13.2 Å². The van der Waals surface area contributed by atoms with Gasteiger partial charge in [-0.15, -0.1) is 0 Å². The number of rotatable bonds is 2. The minimum absolute atomic E-state index is 0.306. The molecule has 0 unspecified atom stereocenters. The van der Waals surface area contributed by atoms with Crippen molar-refractivity contribution in [3.63, 3.8) is 0 Å². The van der Waals surface area contributed by atoms with Crippen molar-refractivity contribution in [2.75, 3.05) is 20.3 Å². The Morgan fingerprint density at radius 1 is 1.58 bits per heavy atom. The SMILES string of the molecule is CN1C(=O)CC[C@@H]1CC1COC1. The Kier molecular flexibility index (Phi) is 2.05. The fourth-order valence-electron chi connectivity index (χ4n) is 1.95. The molecule has 2 saturated heterocycles. The lowest BCUT2D eigenvalue weighted by molar-refractivity contribution is -0.128. The number of amides is 1. The van der Waals surface area contributed by atoms with E-state index in [4.69, 9.17) is 4.74 Å². The average Bonchev–Trinajstić information content (AvgIpc) is 2.27. The molecule has 0 aromatic heterocycles. The molecule has 12 heavy (non-hydrogen) atoms. The molecule has 0 spiro atoms. The molecule has 1 atom stereocenters. The molecule has 3 nitrogen and oxygen atoms in total. The molecular weight excluding hydrogens is 154 g/mol. The zero-order chi connectivity index (χ0) is 8.55. The summed E-state index contributed by atoms with van der Waals surface area (Å²) in [6.45, 7) is 1.80. The lowest BCUT2D eigenvalue weighted by Gasteiger charge is -2.30. The van der Waals surface area contributed by atoms with E-state index < -0.39 is 0 Å². The maximum absolute atomic E-state index is 11.2. The molecule has 3 heteroatoms. The van der Waals surface area contributed by atoms with E-state index in [-0.39, 0.29) is 0 Å². The van der Waals surface area contributed by atoms with Crippen LogP contribution in [0.5, 0.6) is 0 Å². The van der Waals surface area contributed by atoms with Gasteiger partial charge in [0.1, 0.15) is 0 Å². The third-order valence-corrected chi connectivity index (χ3v) is 2.95. The summed E-state index contributed by atoms with van der Waals surface area (Å²) in [5, 5.41) is 0. The van der Waals surface area contributed by atoms with E-state index in [9.17, 15) is 4.79 Å². The lowest BCUT2D eigenvalue weighted by Crippen LogP contribution is -2.36. The second-order valence-electron chi connectivity index (χ2n) is 3.84. The smallest absolute Gasteiger partial charge is 0.222 e. The first kappa shape index (κ1) is 8.05. The van der Waals surface area contributed by atoms with Gasteiger partial charge in [0.25, 0.3) is 0 Å². The largest absolute Gasteiger partial charge is 0.381 e. The Hall–Kier alpha value is -0.570. The molecule has 0 aliphatic carbocycles. The van der Waals surface area contributed by atoms with Crippen LogP contribution in [0.25, 0.3) is 0 Å². The van der Waals surface area contributed by atoms with Crippen LogP contribution >= 0.6 is 0 Å². The summed E-state index contributed by atoms with van der Waals surface area (Å²) in [5.41, 5.74) is 0. The Bertz CT molecular complexity index is 189. The Labute approximate surface area is 72.7 Å². The van der Waals surface area contributed by atoms with Crippen LogP contribution in [-0.4, -0.2) is 37.1 Å². The van der Waals surface area contributed by atoms with E-state index >= 15 is 0 Å². The van der Waals surface area contributed by atoms with Crippen LogP contribution in [0.4, 0.5) is 0 Å². The fraction of sp³-hybridized carbons (Fsp3) is 0.889. The average molecular weight is 169 g/mol. The van der Waals surface area contributed by atoms with Crippen molar-refractivity contribution in [2.45, 2.75) is 25.3 Å². The second kappa shape index (κ2) is 3.05. The standard InChI is InChI=1S/C9H15NO2/c1-10-8(2-3-9(10)11)4-7-5-12-6-7/h7-8H,2-6H2,1H3/t8-/m1/s1. The van der Waals surface area contributed by atoms with Gasteiger partial charge in [0.2, 0.25) is 5.91 Å². The summed E-state index contributed by atoms with van der Waals surface area (Å²) in [4.78, 5) is 13.1. The molecule has 0 aromatic rings. The van der Waals surface area contributed by atoms with Crippen molar-refractivity contribution in [3.05, 3.63) is 0 Å². The fourth-order valence-corrected chi connectivity index (χ4v) is 1.95. The molecule has 2 aliphatic rings. The second-order valence-corrected chi connectivity index (χ2v) is 3.84. The molecule has 68 valence electrons. The van der Waals surface area contributed by atoms with Crippen LogP contribution in [0.3, 0.4) is 0 Å². The van der Waals surface area contributed by atoms with Gasteiger partial charge < -0.3 is 9.64 Å². The Balaban J connectivity index is 1.83. The summed E-state index contributed by atoms with van der Waals surface area (Å²) >= 11 is 0. The quantitative estimate of drug-likeness (QED) is 0.607. The molecule has 0 N–H and O–H groups in total. The highest BCUT2D eigenvalue weighted by atomic mass is 16.5. The van der Waals surface area contributed by atoms with E-state index in [1.165, 1.54) is 0 Å². The molecule has 2 aliphatic heterocycles. The highest BCUT2D eigenvalue weighted by Crippen LogP contribution is 2.26. The third kappa shape index (κ3) is 1.33. The summed E-state index contributed by atoms with van der Waals surface area (Å²) < 4.78 is 5.10. The van der Waals surface area contributed by atoms with Crippen LogP contribution < -0.4 is 0 Å². The number of hydrogen-bond donors (Lipinski definition) is 0. The van der Waals surface area contributed by atoms with Gasteiger partial charge >= 0.3 is 0 Å². The van der Waals surface area contributed by atoms with Crippen molar-refractivity contribution in [2.24, 2.45) is 5.92 Å². The van der Waals surface area contributed by atoms with Crippen molar-refractivity contribution in [1.82, 2.24) is 4.90 Å². The third-order valence-electron chi connectivity index (χ3n) is 2.95. The molecule has 0 bridgehead atoms. The highest BCUT2D eigenvalue weighted by Gasteiger charge is 2.31. The van der Waals surface area contributed by atoms with E-state index in [1.807, 2.05) is 11.9 Å². The van der Waals surface area contributed by atoms with Gasteiger partial charge in [0, 0.05) is 25.4 Å². The van der Waals surface area contributed by atoms with Gasteiger partial charge in [-0.05, 0) is 12.8 Å². The molecule has 2 rings (SSSR count). The Morgan fingerprint density at radius 2 is 2.33 bits per heavy atom. The molecular formula is C9H15NO2. The van der Waals surface area contributed by atoms with Crippen LogP contribution in [-0.2, 0) is 9.53 Å². The number of likely N-dealkylation sites (tertiary alicyclic amines) is 1. The van der Waals surface area contributed by atoms with E-state index in [0.29, 0.717) is 17.9 Å². The highest BCUT2D eigenvalue weighted by molar-refractivity contribution is 5.78. The summed E-state index contributed by atoms with van der Waals surface area (Å²) in [6, 6.07) is 0.492. The zero-order valence-electron chi connectivity index (χ0n) is 7.45. The number of carbonyl (C=O) groups excluding carboxylic acids is 1. The van der Waals surface area contributed by atoms with Gasteiger partial charge in [-0.3, -0.25) is 4.79 Å². The summed E-state index contributed by atoms with van der Waals surface area (Å²) in [5.74, 6) is 1.02. The monoisotopic (exact) mass is 169 g/mol. The summed E-state index contributed by atoms with van der Waals surface area (Å²) in [7, 11) is 1.92. The zero-order valence-corrected chi connectivity index (χ0v) is 7.45. The number of hydrogen-bond acceptors (Lipinski definition) is 2. The first-order chi connectivity index (χ1) is 5.77. The first-order valence-corrected chi connectivity index (χ1v) is 4.61. The van der Waals surface area contributed by atoms with Crippen LogP contribution in [0, 0.1) is 5.92 Å². The Morgan fingerprint density at radius 3 is 2.75 bits per heavy atom. The maximum atomic E-state index is 11.2. The summed E-state index contributed by atoms with van der Waals surface area (Å²) in [6.07, 6.45) is 2.93. The predicted molar refractivity (Wildman–Crippen MR) is 44.7 cm³/mol. The predicted octanol–water partition coefficient (Wildman–Crippen LogP) is 0.644. The minimum Gasteiger partial charge on any atom is -0.381 e. The lowest BCUT2D eigenvalue weighted by atomic mass is 9.97. The van der Waals surface area contributed by atoms with Crippen LogP contribution in [0.2, 0.25) is 0 Å². The normalized spacial score (nSPS) is 30.9. The van der Waals surface area contributed by atoms with E-state index in [2.05, 4.69) is 0 Å². The van der Waals surface area contributed by atoms with Crippen LogP contribution in [0.15, 0.2) is 0 Å². The molecule has 0 saturated carbocycles. The first-order valence-electron chi connectivity index (χ1n) is 4.61. The molecule has 1 amide bonds. The van der Waals surface area contributed by atoms with Gasteiger partial charge in [-0.25, -0.2) is 0 Å². The van der Waals surface area contributed by atoms with Gasteiger partial charge in [-0.2, -0.15) is 0 Å². The topological polar surface area (TPSA) is 29.5 Å². The molecule has 0 radical (unpaired) electrons. The molecule has 2 fully saturated rings. The van der Waals surface area contributed by atoms with Crippen molar-refractivity contribution in [1.29, 1.82) is 0 Å². The van der Waals surface area contributed by atoms with Gasteiger partial charge in [-0.1, -0.05) is 0 Å². The van der Waals surface area contributed by atoms with Crippen LogP contribution in [0.1, 0.15) is 19.3 Å². The van der Waals surface area contributed by atoms with Crippen molar-refractivity contribution >= 4 is 5.91 Å². The number of nitrogens with zero attached hydrogens (tertiary/aromatic N) is 1. The van der Waals surface area contributed by atoms with E-state index in [1.54, 1.807) is 0 Å². The van der Waals surface area contributed by atoms with E-state index in [0.717, 1.165) is 32.5 Å². The minimum atomic E-state index is 0.306. The van der Waals surface area contributed by atoms with Gasteiger partial charge in [0.15, 0.2) is 0 Å². The number of carbonyl (C=O) groups is 1. The van der Waals surface area contributed by atoms with Crippen molar-refractivity contribution in [3.8, 4) is 0 Å². The van der Waals surface area contributed by atoms with Crippen molar-refractivity contribution < 1.29 is 9.53 Å². The molecule has 0 aromatic carbocycles. The number of ether oxygens (including phenoxy) is 1.